The van der Waals surface area contributed by atoms with Crippen LogP contribution in [0.1, 0.15) is 40.5 Å². The molecule has 0 aromatic heterocycles. The number of anilines is 1. The summed E-state index contributed by atoms with van der Waals surface area (Å²) in [7, 11) is 0. The van der Waals surface area contributed by atoms with Gasteiger partial charge in [-0.15, -0.1) is 0 Å². The van der Waals surface area contributed by atoms with Crippen LogP contribution in [0.3, 0.4) is 0 Å². The normalized spacial score (nSPS) is 18.0. The van der Waals surface area contributed by atoms with Crippen LogP contribution in [0.2, 0.25) is 0 Å². The van der Waals surface area contributed by atoms with Crippen LogP contribution < -0.4 is 10.2 Å². The van der Waals surface area contributed by atoms with Gasteiger partial charge in [-0.1, -0.05) is 15.9 Å². The molecule has 0 unspecified atom stereocenters. The van der Waals surface area contributed by atoms with E-state index in [1.807, 2.05) is 36.1 Å². The number of hydrogen-bond donors (Lipinski definition) is 1. The number of nitrogens with one attached hydrogen (secondary N) is 1. The van der Waals surface area contributed by atoms with E-state index in [-0.39, 0.29) is 11.8 Å². The minimum Gasteiger partial charge on any atom is -0.348 e. The number of carbonyl (C=O) groups is 2. The molecule has 2 aliphatic heterocycles. The summed E-state index contributed by atoms with van der Waals surface area (Å²) < 4.78 is 14.5. The van der Waals surface area contributed by atoms with Crippen molar-refractivity contribution >= 4 is 33.4 Å². The summed E-state index contributed by atoms with van der Waals surface area (Å²) >= 11 is 3.38. The standard InChI is InChI=1S/C21H21BrFN3O2/c1-2-26-18-8-7-16(23)13-17(18)19(27)24-21(26)9-11-25(12-10-21)20(28)14-3-5-15(22)6-4-14/h3-8,13H,2,9-12H2,1H3,(H,24,27). The molecule has 2 heterocycles. The van der Waals surface area contributed by atoms with Gasteiger partial charge in [-0.2, -0.15) is 0 Å². The van der Waals surface area contributed by atoms with Crippen LogP contribution in [0.15, 0.2) is 46.9 Å². The minimum absolute atomic E-state index is 0.00462. The number of halogens is 2. The zero-order chi connectivity index (χ0) is 19.9. The smallest absolute Gasteiger partial charge is 0.255 e. The van der Waals surface area contributed by atoms with E-state index >= 15 is 0 Å². The van der Waals surface area contributed by atoms with Crippen molar-refractivity contribution in [3.05, 3.63) is 63.9 Å². The predicted molar refractivity (Wildman–Crippen MR) is 109 cm³/mol. The van der Waals surface area contributed by atoms with E-state index < -0.39 is 11.5 Å². The summed E-state index contributed by atoms with van der Waals surface area (Å²) in [6.45, 7) is 3.79. The number of rotatable bonds is 2. The van der Waals surface area contributed by atoms with Gasteiger partial charge in [0.15, 0.2) is 0 Å². The molecule has 0 atom stereocenters. The van der Waals surface area contributed by atoms with Gasteiger partial charge >= 0.3 is 0 Å². The summed E-state index contributed by atoms with van der Waals surface area (Å²) in [5, 5.41) is 3.10. The molecule has 28 heavy (non-hydrogen) atoms. The highest BCUT2D eigenvalue weighted by Crippen LogP contribution is 2.37. The van der Waals surface area contributed by atoms with E-state index in [0.717, 1.165) is 10.2 Å². The highest BCUT2D eigenvalue weighted by atomic mass is 79.9. The molecule has 2 amide bonds. The van der Waals surface area contributed by atoms with Crippen molar-refractivity contribution in [1.29, 1.82) is 0 Å². The molecule has 4 rings (SSSR count). The molecule has 7 heteroatoms. The zero-order valence-electron chi connectivity index (χ0n) is 15.5. The number of carbonyl (C=O) groups excluding carboxylic acids is 2. The van der Waals surface area contributed by atoms with Gasteiger partial charge in [0, 0.05) is 42.5 Å². The van der Waals surface area contributed by atoms with Gasteiger partial charge in [0.2, 0.25) is 0 Å². The van der Waals surface area contributed by atoms with Gasteiger partial charge in [-0.05, 0) is 49.4 Å². The average Bonchev–Trinajstić information content (AvgIpc) is 2.69. The summed E-state index contributed by atoms with van der Waals surface area (Å²) in [5.41, 5.74) is 1.22. The predicted octanol–water partition coefficient (Wildman–Crippen LogP) is 3.79. The van der Waals surface area contributed by atoms with Gasteiger partial charge in [0.25, 0.3) is 11.8 Å². The Balaban J connectivity index is 1.56. The van der Waals surface area contributed by atoms with Crippen molar-refractivity contribution in [2.75, 3.05) is 24.5 Å². The van der Waals surface area contributed by atoms with Crippen LogP contribution in [0.25, 0.3) is 0 Å². The van der Waals surface area contributed by atoms with Crippen LogP contribution in [0, 0.1) is 5.82 Å². The van der Waals surface area contributed by atoms with E-state index in [2.05, 4.69) is 26.1 Å². The van der Waals surface area contributed by atoms with Gasteiger partial charge < -0.3 is 15.1 Å². The van der Waals surface area contributed by atoms with Crippen LogP contribution in [-0.2, 0) is 0 Å². The van der Waals surface area contributed by atoms with Gasteiger partial charge in [-0.25, -0.2) is 4.39 Å². The van der Waals surface area contributed by atoms with Crippen molar-refractivity contribution in [2.45, 2.75) is 25.4 Å². The Morgan fingerprint density at radius 1 is 1.18 bits per heavy atom. The second-order valence-corrected chi connectivity index (χ2v) is 8.11. The number of nitrogens with zero attached hydrogens (tertiary/aromatic N) is 2. The first-order valence-electron chi connectivity index (χ1n) is 9.38. The maximum absolute atomic E-state index is 13.6. The summed E-state index contributed by atoms with van der Waals surface area (Å²) in [6, 6.07) is 11.7. The van der Waals surface area contributed by atoms with Crippen LogP contribution in [-0.4, -0.2) is 42.0 Å². The van der Waals surface area contributed by atoms with Crippen molar-refractivity contribution in [2.24, 2.45) is 0 Å². The van der Waals surface area contributed by atoms with Gasteiger partial charge in [0.1, 0.15) is 11.5 Å². The van der Waals surface area contributed by atoms with Crippen molar-refractivity contribution in [3.63, 3.8) is 0 Å². The molecule has 0 saturated carbocycles. The Bertz CT molecular complexity index is 924. The fourth-order valence-electron chi connectivity index (χ4n) is 4.22. The summed E-state index contributed by atoms with van der Waals surface area (Å²) in [6.07, 6.45) is 1.23. The van der Waals surface area contributed by atoms with Gasteiger partial charge in [-0.3, -0.25) is 9.59 Å². The van der Waals surface area contributed by atoms with Crippen molar-refractivity contribution in [3.8, 4) is 0 Å². The number of fused-ring (bicyclic) bond motifs is 1. The summed E-state index contributed by atoms with van der Waals surface area (Å²) in [5.74, 6) is -0.683. The molecular weight excluding hydrogens is 425 g/mol. The van der Waals surface area contributed by atoms with E-state index in [9.17, 15) is 14.0 Å². The Labute approximate surface area is 171 Å². The Kier molecular flexibility index (Phi) is 4.87. The highest BCUT2D eigenvalue weighted by molar-refractivity contribution is 9.10. The molecule has 2 aliphatic rings. The Hall–Kier alpha value is -2.41. The lowest BCUT2D eigenvalue weighted by Gasteiger charge is -2.52. The first kappa shape index (κ1) is 18.9. The van der Waals surface area contributed by atoms with Crippen LogP contribution in [0.5, 0.6) is 0 Å². The largest absolute Gasteiger partial charge is 0.348 e. The number of piperidine rings is 1. The maximum Gasteiger partial charge on any atom is 0.255 e. The van der Waals surface area contributed by atoms with Crippen LogP contribution in [0.4, 0.5) is 10.1 Å². The third-order valence-corrected chi connectivity index (χ3v) is 6.17. The molecule has 0 radical (unpaired) electrons. The van der Waals surface area contributed by atoms with E-state index in [4.69, 9.17) is 0 Å². The molecule has 2 aromatic carbocycles. The van der Waals surface area contributed by atoms with E-state index in [0.29, 0.717) is 43.6 Å². The van der Waals surface area contributed by atoms with Gasteiger partial charge in [0.05, 0.1) is 11.3 Å². The molecular formula is C21H21BrFN3O2. The number of amides is 2. The lowest BCUT2D eigenvalue weighted by Crippen LogP contribution is -2.68. The molecule has 0 aliphatic carbocycles. The molecule has 1 spiro atoms. The molecule has 146 valence electrons. The zero-order valence-corrected chi connectivity index (χ0v) is 17.1. The minimum atomic E-state index is -0.548. The SMILES string of the molecule is CCN1c2ccc(F)cc2C(=O)NC12CCN(C(=O)c1ccc(Br)cc1)CC2. The second-order valence-electron chi connectivity index (χ2n) is 7.19. The van der Waals surface area contributed by atoms with Crippen molar-refractivity contribution in [1.82, 2.24) is 10.2 Å². The number of hydrogen-bond acceptors (Lipinski definition) is 3. The lowest BCUT2D eigenvalue weighted by atomic mass is 9.89. The Morgan fingerprint density at radius 3 is 2.50 bits per heavy atom. The fraction of sp³-hybridized carbons (Fsp3) is 0.333. The molecule has 0 bridgehead atoms. The molecule has 1 saturated heterocycles. The first-order chi connectivity index (χ1) is 13.4. The highest BCUT2D eigenvalue weighted by Gasteiger charge is 2.45. The van der Waals surface area contributed by atoms with E-state index in [1.54, 1.807) is 6.07 Å². The maximum atomic E-state index is 13.6. The summed E-state index contributed by atoms with van der Waals surface area (Å²) in [4.78, 5) is 29.4. The third kappa shape index (κ3) is 3.17. The average molecular weight is 446 g/mol. The second kappa shape index (κ2) is 7.20. The van der Waals surface area contributed by atoms with Crippen molar-refractivity contribution < 1.29 is 14.0 Å². The number of likely N-dealkylation sites (tertiary alicyclic amines) is 1. The monoisotopic (exact) mass is 445 g/mol. The van der Waals surface area contributed by atoms with Crippen LogP contribution >= 0.6 is 15.9 Å². The number of benzene rings is 2. The molecule has 1 fully saturated rings. The topological polar surface area (TPSA) is 52.7 Å². The third-order valence-electron chi connectivity index (χ3n) is 5.64. The first-order valence-corrected chi connectivity index (χ1v) is 10.2. The molecule has 2 aromatic rings. The van der Waals surface area contributed by atoms with E-state index in [1.165, 1.54) is 12.1 Å². The molecule has 1 N–H and O–H groups in total. The Morgan fingerprint density at radius 2 is 1.86 bits per heavy atom. The fourth-order valence-corrected chi connectivity index (χ4v) is 4.49. The lowest BCUT2D eigenvalue weighted by molar-refractivity contribution is 0.0603. The quantitative estimate of drug-likeness (QED) is 0.764. The molecule has 5 nitrogen and oxygen atoms in total.